The van der Waals surface area contributed by atoms with Gasteiger partial charge in [0.15, 0.2) is 0 Å². The molecule has 0 rings (SSSR count). The van der Waals surface area contributed by atoms with Crippen molar-refractivity contribution in [1.29, 1.82) is 0 Å². The van der Waals surface area contributed by atoms with E-state index < -0.39 is 0 Å². The monoisotopic (exact) mass is 269 g/mol. The molecular weight excluding hydrogens is 266 g/mol. The molecule has 0 amide bonds. The summed E-state index contributed by atoms with van der Waals surface area (Å²) in [7, 11) is 0. The van der Waals surface area contributed by atoms with Gasteiger partial charge < -0.3 is 0 Å². The molecule has 0 fully saturated rings. The zero-order valence-corrected chi connectivity index (χ0v) is 2.47. The average molecular weight is 269 g/mol. The Morgan fingerprint density at radius 2 is 0.500 bits per heavy atom. The molecule has 0 atom stereocenters. The molecule has 0 saturated carbocycles. The summed E-state index contributed by atoms with van der Waals surface area (Å²) in [5, 5.41) is 0. The molecule has 0 saturated heterocycles. The predicted octanol–water partition coefficient (Wildman–Crippen LogP) is -1.95. The third-order valence-corrected chi connectivity index (χ3v) is 0. The quantitative estimate of drug-likeness (QED) is 0.448. The van der Waals surface area contributed by atoms with Crippen LogP contribution in [0.2, 0.25) is 0 Å². The van der Waals surface area contributed by atoms with E-state index in [4.69, 9.17) is 0 Å². The maximum atomic E-state index is 0. The van der Waals surface area contributed by atoms with Crippen LogP contribution in [0.15, 0.2) is 0 Å². The van der Waals surface area contributed by atoms with Crippen LogP contribution in [0.5, 0.6) is 0 Å². The standard InChI is InChI=1S/Au.3Na.3H. The molecule has 0 nitrogen and oxygen atoms in total. The summed E-state index contributed by atoms with van der Waals surface area (Å²) < 4.78 is 0. The molecule has 4 heavy (non-hydrogen) atoms. The Hall–Kier alpha value is 3.74. The summed E-state index contributed by atoms with van der Waals surface area (Å²) in [4.78, 5) is 0. The molecule has 0 unspecified atom stereocenters. The summed E-state index contributed by atoms with van der Waals surface area (Å²) in [5.74, 6) is 0. The van der Waals surface area contributed by atoms with Crippen molar-refractivity contribution in [3.63, 3.8) is 0 Å². The number of hydrogen-bond donors (Lipinski definition) is 0. The summed E-state index contributed by atoms with van der Waals surface area (Å²) in [6.45, 7) is 0. The molecule has 0 heterocycles. The van der Waals surface area contributed by atoms with Crippen LogP contribution in [0.4, 0.5) is 0 Å². The molecule has 0 aliphatic carbocycles. The van der Waals surface area contributed by atoms with Crippen molar-refractivity contribution < 1.29 is 22.4 Å². The van der Waals surface area contributed by atoms with Crippen molar-refractivity contribution in [2.24, 2.45) is 0 Å². The Kier molecular flexibility index (Phi) is 99.8. The summed E-state index contributed by atoms with van der Waals surface area (Å²) >= 11 is 0. The van der Waals surface area contributed by atoms with Crippen LogP contribution in [0.3, 0.4) is 0 Å². The minimum atomic E-state index is 0. The van der Waals surface area contributed by atoms with Gasteiger partial charge in [-0.3, -0.25) is 0 Å². The van der Waals surface area contributed by atoms with Crippen LogP contribution in [0.25, 0.3) is 0 Å². The normalized spacial score (nSPS) is 0. The fourth-order valence-electron chi connectivity index (χ4n) is 0. The molecule has 4 heteroatoms. The van der Waals surface area contributed by atoms with E-state index in [0.29, 0.717) is 0 Å². The second kappa shape index (κ2) is 15.9. The molecule has 0 aliphatic rings. The van der Waals surface area contributed by atoms with Crippen molar-refractivity contribution in [3.05, 3.63) is 0 Å². The molecule has 0 aromatic carbocycles. The second-order valence-corrected chi connectivity index (χ2v) is 0. The zero-order valence-electron chi connectivity index (χ0n) is 0.302. The van der Waals surface area contributed by atoms with Crippen molar-refractivity contribution >= 4 is 88.7 Å². The molecule has 1 radical (unpaired) electrons. The van der Waals surface area contributed by atoms with Crippen LogP contribution < -0.4 is 0 Å². The van der Waals surface area contributed by atoms with E-state index in [-0.39, 0.29) is 111 Å². The zero-order chi connectivity index (χ0) is 0. The van der Waals surface area contributed by atoms with Crippen molar-refractivity contribution in [3.8, 4) is 0 Å². The fraction of sp³-hybridized carbons (Fsp3) is 0. The molecule has 0 aromatic heterocycles. The van der Waals surface area contributed by atoms with Crippen LogP contribution in [-0.4, -0.2) is 88.7 Å². The van der Waals surface area contributed by atoms with Gasteiger partial charge in [-0.15, -0.1) is 0 Å². The summed E-state index contributed by atoms with van der Waals surface area (Å²) in [6, 6.07) is 0. The van der Waals surface area contributed by atoms with Crippen LogP contribution >= 0.6 is 0 Å². The van der Waals surface area contributed by atoms with Gasteiger partial charge in [0, 0.05) is 22.4 Å². The Bertz CT molecular complexity index is 3.25. The third-order valence-electron chi connectivity index (χ3n) is 0. The molecule has 0 N–H and O–H groups in total. The minimum absolute atomic E-state index is 0. The van der Waals surface area contributed by atoms with E-state index in [1.54, 1.807) is 0 Å². The van der Waals surface area contributed by atoms with Gasteiger partial charge in [-0.2, -0.15) is 0 Å². The third kappa shape index (κ3) is 9.22. The van der Waals surface area contributed by atoms with Crippen molar-refractivity contribution in [1.82, 2.24) is 0 Å². The SMILES string of the molecule is [Au].[NaH].[NaH].[NaH]. The fourth-order valence-corrected chi connectivity index (χ4v) is 0. The van der Waals surface area contributed by atoms with Crippen molar-refractivity contribution in [2.75, 3.05) is 0 Å². The molecule has 0 aliphatic heterocycles. The van der Waals surface area contributed by atoms with Gasteiger partial charge in [-0.1, -0.05) is 0 Å². The van der Waals surface area contributed by atoms with Gasteiger partial charge in [0.25, 0.3) is 0 Å². The average Bonchev–Trinajstić information content (AvgIpc) is 0. The predicted molar refractivity (Wildman–Crippen MR) is 21.4 cm³/mol. The first-order valence-corrected chi connectivity index (χ1v) is 0. The van der Waals surface area contributed by atoms with Gasteiger partial charge in [-0.05, 0) is 0 Å². The summed E-state index contributed by atoms with van der Waals surface area (Å²) in [6.07, 6.45) is 0. The molecule has 0 bridgehead atoms. The number of hydrogen-bond acceptors (Lipinski definition) is 0. The van der Waals surface area contributed by atoms with Gasteiger partial charge in [-0.25, -0.2) is 0 Å². The van der Waals surface area contributed by atoms with E-state index in [9.17, 15) is 0 Å². The first kappa shape index (κ1) is 25.1. The molecule has 17 valence electrons. The second-order valence-electron chi connectivity index (χ2n) is 0. The molecule has 0 spiro atoms. The van der Waals surface area contributed by atoms with Gasteiger partial charge in [0.1, 0.15) is 0 Å². The Morgan fingerprint density at radius 3 is 0.500 bits per heavy atom. The molecule has 0 aromatic rings. The maximum absolute atomic E-state index is 0. The van der Waals surface area contributed by atoms with E-state index in [2.05, 4.69) is 0 Å². The van der Waals surface area contributed by atoms with Crippen molar-refractivity contribution in [2.45, 2.75) is 0 Å². The topological polar surface area (TPSA) is 0 Å². The van der Waals surface area contributed by atoms with Gasteiger partial charge in [0.05, 0.1) is 0 Å². The van der Waals surface area contributed by atoms with Gasteiger partial charge >= 0.3 is 88.7 Å². The van der Waals surface area contributed by atoms with E-state index in [1.807, 2.05) is 0 Å². The first-order chi connectivity index (χ1) is 0. The van der Waals surface area contributed by atoms with Crippen LogP contribution in [0, 0.1) is 0 Å². The van der Waals surface area contributed by atoms with Crippen LogP contribution in [-0.2, 0) is 22.4 Å². The van der Waals surface area contributed by atoms with E-state index >= 15 is 0 Å². The Labute approximate surface area is 108 Å². The van der Waals surface area contributed by atoms with E-state index in [1.165, 1.54) is 0 Å². The Balaban J connectivity index is 0. The first-order valence-electron chi connectivity index (χ1n) is 0. The van der Waals surface area contributed by atoms with Crippen LogP contribution in [0.1, 0.15) is 0 Å². The molecular formula is H3AuNa3. The van der Waals surface area contributed by atoms with E-state index in [0.717, 1.165) is 0 Å². The Morgan fingerprint density at radius 1 is 0.500 bits per heavy atom. The van der Waals surface area contributed by atoms with Gasteiger partial charge in [0.2, 0.25) is 0 Å². The summed E-state index contributed by atoms with van der Waals surface area (Å²) in [5.41, 5.74) is 0. The number of rotatable bonds is 0.